The lowest BCUT2D eigenvalue weighted by Crippen LogP contribution is -2.46. The van der Waals surface area contributed by atoms with E-state index in [0.717, 1.165) is 19.3 Å². The Morgan fingerprint density at radius 3 is 2.15 bits per heavy atom. The van der Waals surface area contributed by atoms with Crippen molar-refractivity contribution in [3.8, 4) is 11.5 Å². The van der Waals surface area contributed by atoms with Gasteiger partial charge in [-0.2, -0.15) is 0 Å². The Morgan fingerprint density at radius 1 is 0.887 bits per heavy atom. The third-order valence-corrected chi connectivity index (χ3v) is 10.0. The van der Waals surface area contributed by atoms with Crippen molar-refractivity contribution >= 4 is 35.2 Å². The number of esters is 2. The van der Waals surface area contributed by atoms with Crippen LogP contribution in [0.5, 0.6) is 11.5 Å². The molecule has 9 atom stereocenters. The molecule has 0 unspecified atom stereocenters. The van der Waals surface area contributed by atoms with Gasteiger partial charge in [0, 0.05) is 68.8 Å². The van der Waals surface area contributed by atoms with Gasteiger partial charge >= 0.3 is 17.7 Å². The minimum atomic E-state index is -2.07. The predicted octanol–water partition coefficient (Wildman–Crippen LogP) is 3.85. The molecule has 0 saturated carbocycles. The van der Waals surface area contributed by atoms with Crippen molar-refractivity contribution in [2.24, 2.45) is 23.7 Å². The van der Waals surface area contributed by atoms with E-state index in [1.807, 2.05) is 0 Å². The number of aliphatic hydroxyl groups is 2. The number of hydrogen-bond acceptors (Lipinski definition) is 13. The minimum absolute atomic E-state index is 0.0600. The van der Waals surface area contributed by atoms with Gasteiger partial charge in [0.05, 0.1) is 47.0 Å². The monoisotopic (exact) mass is 737 g/mol. The lowest BCUT2D eigenvalue weighted by atomic mass is 9.78. The number of ketones is 3. The van der Waals surface area contributed by atoms with Crippen LogP contribution in [0.15, 0.2) is 47.9 Å². The van der Waals surface area contributed by atoms with E-state index in [9.17, 15) is 39.0 Å². The molecule has 14 heteroatoms. The first-order valence-corrected chi connectivity index (χ1v) is 17.3. The number of rotatable bonds is 3. The first kappa shape index (κ1) is 40.8. The first-order chi connectivity index (χ1) is 24.7. The lowest BCUT2D eigenvalue weighted by molar-refractivity contribution is -0.160. The van der Waals surface area contributed by atoms with Gasteiger partial charge in [0.25, 0.3) is 11.7 Å². The summed E-state index contributed by atoms with van der Waals surface area (Å²) in [6.45, 7) is 13.4. The lowest BCUT2D eigenvalue weighted by Gasteiger charge is -2.38. The molecule has 3 aliphatic heterocycles. The number of Topliss-reactive ketones (excluding diaryl/α,β-unsaturated/α-hetero) is 2. The highest BCUT2D eigenvalue weighted by atomic mass is 16.7. The van der Waals surface area contributed by atoms with E-state index in [1.54, 1.807) is 33.8 Å². The number of amides is 1. The van der Waals surface area contributed by atoms with Crippen molar-refractivity contribution in [2.75, 3.05) is 7.11 Å². The molecule has 14 nitrogen and oxygen atoms in total. The third kappa shape index (κ3) is 8.04. The van der Waals surface area contributed by atoms with Gasteiger partial charge in [-0.3, -0.25) is 28.8 Å². The van der Waals surface area contributed by atoms with Crippen LogP contribution in [-0.4, -0.2) is 82.7 Å². The molecule has 1 aromatic carbocycles. The Bertz CT molecular complexity index is 1840. The summed E-state index contributed by atoms with van der Waals surface area (Å²) in [4.78, 5) is 79.4. The average molecular weight is 738 g/mol. The molecule has 0 radical (unpaired) electrons. The first-order valence-electron chi connectivity index (χ1n) is 17.3. The maximum atomic E-state index is 14.1. The predicted molar refractivity (Wildman–Crippen MR) is 189 cm³/mol. The molecule has 5 bridgehead atoms. The van der Waals surface area contributed by atoms with Crippen LogP contribution in [0.25, 0.3) is 0 Å². The van der Waals surface area contributed by atoms with E-state index < -0.39 is 100 Å². The smallest absolute Gasteiger partial charge is 0.312 e. The molecule has 4 aliphatic rings. The number of ether oxygens (including phenoxy) is 5. The normalized spacial score (nSPS) is 33.1. The van der Waals surface area contributed by atoms with E-state index in [0.29, 0.717) is 0 Å². The molecule has 5 rings (SSSR count). The van der Waals surface area contributed by atoms with Gasteiger partial charge in [-0.15, -0.1) is 0 Å². The Hall–Kier alpha value is -4.92. The van der Waals surface area contributed by atoms with E-state index in [2.05, 4.69) is 5.32 Å². The zero-order chi connectivity index (χ0) is 39.7. The van der Waals surface area contributed by atoms with Gasteiger partial charge in [-0.25, -0.2) is 0 Å². The molecule has 286 valence electrons. The van der Waals surface area contributed by atoms with E-state index in [-0.39, 0.29) is 33.8 Å². The quantitative estimate of drug-likeness (QED) is 0.299. The van der Waals surface area contributed by atoms with Crippen LogP contribution in [0, 0.1) is 30.6 Å². The van der Waals surface area contributed by atoms with Crippen LogP contribution in [0.1, 0.15) is 92.0 Å². The number of carbonyl (C=O) groups is 6. The standard InChI is InChI=1S/C39H47NO13/c1-17-12-11-13-18(2)38(48)40-25-16-26(43)28-29(33(25)46)35(52-24(8)42)22(6)36-30(28)37(47)39(9,53-36)50-15-14-27(49-10)19(3)34(51-23(7)41)21(5)32(45)20(4)31(17)44/h11-17,19-21,27,31-32,34,44-45H,1-10H3,(H,40,48)/b12-11+,15-14+,18-13-/t17-,19+,20+,21-,27-,31-,32-,34+,39-/m0/s1. The van der Waals surface area contributed by atoms with Gasteiger partial charge in [-0.1, -0.05) is 45.9 Å². The Morgan fingerprint density at radius 2 is 1.55 bits per heavy atom. The minimum Gasteiger partial charge on any atom is -0.462 e. The highest BCUT2D eigenvalue weighted by Crippen LogP contribution is 2.48. The molecule has 1 aromatic rings. The second-order valence-corrected chi connectivity index (χ2v) is 14.0. The number of carbonyl (C=O) groups excluding carboxylic acids is 6. The largest absolute Gasteiger partial charge is 0.462 e. The number of allylic oxidation sites excluding steroid dienone is 4. The molecular formula is C39H47NO13. The summed E-state index contributed by atoms with van der Waals surface area (Å²) < 4.78 is 28.7. The summed E-state index contributed by atoms with van der Waals surface area (Å²) in [6, 6.07) is 0. The molecular weight excluding hydrogens is 690 g/mol. The van der Waals surface area contributed by atoms with Gasteiger partial charge in [0.2, 0.25) is 5.78 Å². The highest BCUT2D eigenvalue weighted by Gasteiger charge is 2.52. The van der Waals surface area contributed by atoms with Crippen LogP contribution in [0.4, 0.5) is 0 Å². The second kappa shape index (κ2) is 16.0. The summed E-state index contributed by atoms with van der Waals surface area (Å²) in [5.41, 5.74) is -1.26. The van der Waals surface area contributed by atoms with Crippen molar-refractivity contribution in [3.63, 3.8) is 0 Å². The molecule has 53 heavy (non-hydrogen) atoms. The molecule has 0 aromatic heterocycles. The summed E-state index contributed by atoms with van der Waals surface area (Å²) >= 11 is 0. The number of fused-ring (bicyclic) bond motifs is 14. The van der Waals surface area contributed by atoms with Gasteiger partial charge in [-0.05, 0) is 19.9 Å². The molecule has 3 N–H and O–H groups in total. The molecule has 1 aliphatic carbocycles. The zero-order valence-electron chi connectivity index (χ0n) is 31.5. The van der Waals surface area contributed by atoms with E-state index >= 15 is 0 Å². The molecule has 3 heterocycles. The van der Waals surface area contributed by atoms with Crippen LogP contribution in [-0.2, 0) is 28.6 Å². The van der Waals surface area contributed by atoms with Crippen molar-refractivity contribution in [3.05, 3.63) is 70.2 Å². The zero-order valence-corrected chi connectivity index (χ0v) is 31.5. The second-order valence-electron chi connectivity index (χ2n) is 14.0. The maximum Gasteiger partial charge on any atom is 0.312 e. The Kier molecular flexibility index (Phi) is 12.3. The SMILES string of the molecule is CO[C@H]1/C=C/O[C@@]2(C)Oc3c(C)c(OC(C)=O)c4c(c3C2=O)C(=O)C=C(NC(=O)/C(C)=C\C=C\[C@H](C)[C@H](O)[C@@H](C)[C@H](O)[C@H](C)[C@H](OC(C)=O)[C@@H]1C)C4=O. The topological polar surface area (TPSA) is 201 Å². The van der Waals surface area contributed by atoms with Crippen LogP contribution < -0.4 is 14.8 Å². The summed E-state index contributed by atoms with van der Waals surface area (Å²) in [5, 5.41) is 25.1. The van der Waals surface area contributed by atoms with Crippen molar-refractivity contribution in [1.29, 1.82) is 0 Å². The van der Waals surface area contributed by atoms with Crippen molar-refractivity contribution < 1.29 is 62.7 Å². The molecule has 0 saturated heterocycles. The van der Waals surface area contributed by atoms with Gasteiger partial charge in [0.15, 0.2) is 5.78 Å². The number of nitrogens with one attached hydrogen (secondary N) is 1. The average Bonchev–Trinajstić information content (AvgIpc) is 3.36. The summed E-state index contributed by atoms with van der Waals surface area (Å²) in [6.07, 6.45) is 4.21. The summed E-state index contributed by atoms with van der Waals surface area (Å²) in [5.74, 6) is -9.71. The highest BCUT2D eigenvalue weighted by molar-refractivity contribution is 6.31. The van der Waals surface area contributed by atoms with E-state index in [1.165, 1.54) is 53.0 Å². The van der Waals surface area contributed by atoms with Crippen LogP contribution in [0.3, 0.4) is 0 Å². The van der Waals surface area contributed by atoms with Gasteiger partial charge in [0.1, 0.15) is 17.6 Å². The fourth-order valence-corrected chi connectivity index (χ4v) is 6.88. The Labute approximate surface area is 307 Å². The molecule has 0 spiro atoms. The third-order valence-electron chi connectivity index (χ3n) is 10.0. The number of benzene rings is 1. The van der Waals surface area contributed by atoms with Crippen molar-refractivity contribution in [2.45, 2.75) is 92.5 Å². The molecule has 1 amide bonds. The number of hydrogen-bond donors (Lipinski definition) is 3. The van der Waals surface area contributed by atoms with Gasteiger partial charge < -0.3 is 39.2 Å². The maximum absolute atomic E-state index is 14.1. The fourth-order valence-electron chi connectivity index (χ4n) is 6.88. The number of aliphatic hydroxyl groups excluding tert-OH is 2. The van der Waals surface area contributed by atoms with Crippen LogP contribution >= 0.6 is 0 Å². The summed E-state index contributed by atoms with van der Waals surface area (Å²) in [7, 11) is 1.41. The van der Waals surface area contributed by atoms with E-state index in [4.69, 9.17) is 23.7 Å². The number of methoxy groups -OCH3 is 1. The Balaban J connectivity index is 1.88. The van der Waals surface area contributed by atoms with Crippen LogP contribution in [0.2, 0.25) is 0 Å². The fraction of sp³-hybridized carbons (Fsp3) is 0.487. The molecule has 0 fully saturated rings. The van der Waals surface area contributed by atoms with Crippen molar-refractivity contribution in [1.82, 2.24) is 5.32 Å².